The molecule has 1 fully saturated rings. The van der Waals surface area contributed by atoms with Crippen LogP contribution in [0.15, 0.2) is 0 Å². The minimum Gasteiger partial charge on any atom is -0.344 e. The highest BCUT2D eigenvalue weighted by atomic mass is 35.5. The molecule has 1 aromatic rings. The fourth-order valence-corrected chi connectivity index (χ4v) is 2.77. The van der Waals surface area contributed by atoms with Crippen LogP contribution in [0.3, 0.4) is 0 Å². The van der Waals surface area contributed by atoms with Gasteiger partial charge in [-0.15, -0.1) is 0 Å². The average molecular weight is 242 g/mol. The minimum absolute atomic E-state index is 0.434. The van der Waals surface area contributed by atoms with E-state index in [4.69, 9.17) is 17.3 Å². The fourth-order valence-electron chi connectivity index (χ4n) is 2.53. The van der Waals surface area contributed by atoms with Gasteiger partial charge in [0.05, 0.1) is 12.2 Å². The summed E-state index contributed by atoms with van der Waals surface area (Å²) in [5, 5.41) is 0.608. The lowest BCUT2D eigenvalue weighted by Gasteiger charge is -2.20. The van der Waals surface area contributed by atoms with Crippen molar-refractivity contribution in [2.24, 2.45) is 11.7 Å². The molecule has 0 amide bonds. The van der Waals surface area contributed by atoms with Gasteiger partial charge in [0.1, 0.15) is 11.0 Å². The number of imidazole rings is 1. The third-order valence-corrected chi connectivity index (χ3v) is 3.81. The van der Waals surface area contributed by atoms with Crippen LogP contribution in [0.1, 0.15) is 50.0 Å². The van der Waals surface area contributed by atoms with Crippen LogP contribution >= 0.6 is 11.6 Å². The van der Waals surface area contributed by atoms with E-state index in [0.717, 1.165) is 23.9 Å². The van der Waals surface area contributed by atoms with E-state index in [1.807, 2.05) is 0 Å². The van der Waals surface area contributed by atoms with Gasteiger partial charge in [-0.2, -0.15) is 0 Å². The van der Waals surface area contributed by atoms with Gasteiger partial charge in [0.25, 0.3) is 0 Å². The third-order valence-electron chi connectivity index (χ3n) is 3.50. The molecule has 1 aliphatic carbocycles. The van der Waals surface area contributed by atoms with Gasteiger partial charge in [0, 0.05) is 0 Å². The first-order valence-corrected chi connectivity index (χ1v) is 6.60. The van der Waals surface area contributed by atoms with Gasteiger partial charge in [-0.1, -0.05) is 43.7 Å². The van der Waals surface area contributed by atoms with Crippen LogP contribution in [0.4, 0.5) is 0 Å². The molecule has 0 saturated heterocycles. The van der Waals surface area contributed by atoms with E-state index in [0.29, 0.717) is 11.7 Å². The molecular formula is C12H20ClN3. The van der Waals surface area contributed by atoms with Gasteiger partial charge in [-0.05, 0) is 18.8 Å². The van der Waals surface area contributed by atoms with Gasteiger partial charge in [0.15, 0.2) is 0 Å². The van der Waals surface area contributed by atoms with E-state index >= 15 is 0 Å². The SMILES string of the molecule is NCc1nc(Cl)c(CCC2CCCCC2)[nH]1. The van der Waals surface area contributed by atoms with Crippen molar-refractivity contribution in [1.82, 2.24) is 9.97 Å². The monoisotopic (exact) mass is 241 g/mol. The predicted molar refractivity (Wildman–Crippen MR) is 66.4 cm³/mol. The largest absolute Gasteiger partial charge is 0.344 e. The van der Waals surface area contributed by atoms with Crippen LogP contribution in [0, 0.1) is 5.92 Å². The van der Waals surface area contributed by atoms with Crippen molar-refractivity contribution in [3.05, 3.63) is 16.7 Å². The number of hydrogen-bond donors (Lipinski definition) is 2. The number of hydrogen-bond acceptors (Lipinski definition) is 2. The Morgan fingerprint density at radius 1 is 1.31 bits per heavy atom. The standard InChI is InChI=1S/C12H20ClN3/c13-12-10(15-11(8-14)16-12)7-6-9-4-2-1-3-5-9/h9H,1-8,14H2,(H,15,16). The number of aromatic nitrogens is 2. The number of H-pyrrole nitrogens is 1. The molecule has 0 bridgehead atoms. The van der Waals surface area contributed by atoms with Crippen LogP contribution in [-0.4, -0.2) is 9.97 Å². The summed E-state index contributed by atoms with van der Waals surface area (Å²) >= 11 is 6.04. The number of aromatic amines is 1. The van der Waals surface area contributed by atoms with Gasteiger partial charge in [-0.3, -0.25) is 0 Å². The second-order valence-electron chi connectivity index (χ2n) is 4.70. The van der Waals surface area contributed by atoms with Gasteiger partial charge in [-0.25, -0.2) is 4.98 Å². The number of nitrogens with zero attached hydrogens (tertiary/aromatic N) is 1. The smallest absolute Gasteiger partial charge is 0.150 e. The molecule has 0 atom stereocenters. The summed E-state index contributed by atoms with van der Waals surface area (Å²) in [4.78, 5) is 7.38. The number of halogens is 1. The molecular weight excluding hydrogens is 222 g/mol. The second kappa shape index (κ2) is 5.69. The number of nitrogens with two attached hydrogens (primary N) is 1. The molecule has 0 radical (unpaired) electrons. The van der Waals surface area contributed by atoms with Crippen molar-refractivity contribution in [2.75, 3.05) is 0 Å². The summed E-state index contributed by atoms with van der Waals surface area (Å²) in [7, 11) is 0. The Bertz CT molecular complexity index is 329. The van der Waals surface area contributed by atoms with Crippen LogP contribution in [0.25, 0.3) is 0 Å². The number of aryl methyl sites for hydroxylation is 1. The Morgan fingerprint density at radius 3 is 2.69 bits per heavy atom. The molecule has 0 unspecified atom stereocenters. The van der Waals surface area contributed by atoms with Crippen LogP contribution < -0.4 is 5.73 Å². The maximum absolute atomic E-state index is 6.04. The fraction of sp³-hybridized carbons (Fsp3) is 0.750. The van der Waals surface area contributed by atoms with Crippen molar-refractivity contribution < 1.29 is 0 Å². The van der Waals surface area contributed by atoms with Gasteiger partial charge in [0.2, 0.25) is 0 Å². The molecule has 90 valence electrons. The van der Waals surface area contributed by atoms with Crippen molar-refractivity contribution in [1.29, 1.82) is 0 Å². The highest BCUT2D eigenvalue weighted by Gasteiger charge is 2.15. The molecule has 0 aromatic carbocycles. The summed E-state index contributed by atoms with van der Waals surface area (Å²) in [6.45, 7) is 0.434. The predicted octanol–water partition coefficient (Wildman–Crippen LogP) is 3.03. The zero-order chi connectivity index (χ0) is 11.4. The highest BCUT2D eigenvalue weighted by Crippen LogP contribution is 2.28. The molecule has 4 heteroatoms. The Morgan fingerprint density at radius 2 is 2.06 bits per heavy atom. The molecule has 3 nitrogen and oxygen atoms in total. The molecule has 1 heterocycles. The molecule has 1 aromatic heterocycles. The van der Waals surface area contributed by atoms with E-state index in [1.54, 1.807) is 0 Å². The molecule has 2 rings (SSSR count). The summed E-state index contributed by atoms with van der Waals surface area (Å²) < 4.78 is 0. The average Bonchev–Trinajstić information content (AvgIpc) is 2.69. The van der Waals surface area contributed by atoms with Crippen molar-refractivity contribution in [2.45, 2.75) is 51.5 Å². The zero-order valence-corrected chi connectivity index (χ0v) is 10.4. The highest BCUT2D eigenvalue weighted by molar-refractivity contribution is 6.30. The van der Waals surface area contributed by atoms with E-state index in [-0.39, 0.29) is 0 Å². The lowest BCUT2D eigenvalue weighted by molar-refractivity contribution is 0.338. The van der Waals surface area contributed by atoms with Crippen LogP contribution in [0.2, 0.25) is 5.15 Å². The Hall–Kier alpha value is -0.540. The first-order chi connectivity index (χ1) is 7.79. The summed E-state index contributed by atoms with van der Waals surface area (Å²) in [6.07, 6.45) is 9.22. The van der Waals surface area contributed by atoms with E-state index in [9.17, 15) is 0 Å². The Labute approximate surface area is 102 Å². The third kappa shape index (κ3) is 2.98. The molecule has 3 N–H and O–H groups in total. The summed E-state index contributed by atoms with van der Waals surface area (Å²) in [6, 6.07) is 0. The van der Waals surface area contributed by atoms with Crippen molar-refractivity contribution in [3.8, 4) is 0 Å². The Kier molecular flexibility index (Phi) is 4.24. The number of nitrogens with one attached hydrogen (secondary N) is 1. The molecule has 1 aliphatic rings. The van der Waals surface area contributed by atoms with E-state index in [2.05, 4.69) is 9.97 Å². The molecule has 16 heavy (non-hydrogen) atoms. The molecule has 1 saturated carbocycles. The maximum Gasteiger partial charge on any atom is 0.150 e. The van der Waals surface area contributed by atoms with Crippen molar-refractivity contribution >= 4 is 11.6 Å². The Balaban J connectivity index is 1.85. The maximum atomic E-state index is 6.04. The zero-order valence-electron chi connectivity index (χ0n) is 9.64. The first kappa shape index (κ1) is 11.9. The second-order valence-corrected chi connectivity index (χ2v) is 5.06. The molecule has 0 aliphatic heterocycles. The van der Waals surface area contributed by atoms with Gasteiger partial charge >= 0.3 is 0 Å². The van der Waals surface area contributed by atoms with Crippen molar-refractivity contribution in [3.63, 3.8) is 0 Å². The lowest BCUT2D eigenvalue weighted by atomic mass is 9.86. The molecule has 0 spiro atoms. The van der Waals surface area contributed by atoms with E-state index in [1.165, 1.54) is 38.5 Å². The quantitative estimate of drug-likeness (QED) is 0.852. The summed E-state index contributed by atoms with van der Waals surface area (Å²) in [5.74, 6) is 1.68. The minimum atomic E-state index is 0.434. The van der Waals surface area contributed by atoms with E-state index < -0.39 is 0 Å². The van der Waals surface area contributed by atoms with Crippen LogP contribution in [0.5, 0.6) is 0 Å². The first-order valence-electron chi connectivity index (χ1n) is 6.23. The van der Waals surface area contributed by atoms with Crippen LogP contribution in [-0.2, 0) is 13.0 Å². The lowest BCUT2D eigenvalue weighted by Crippen LogP contribution is -2.07. The van der Waals surface area contributed by atoms with Gasteiger partial charge < -0.3 is 10.7 Å². The topological polar surface area (TPSA) is 54.7 Å². The summed E-state index contributed by atoms with van der Waals surface area (Å²) in [5.41, 5.74) is 6.58. The normalized spacial score (nSPS) is 17.9. The number of rotatable bonds is 4.